The number of hydrogen-bond donors (Lipinski definition) is 1. The number of likely N-dealkylation sites (tertiary alicyclic amines) is 1. The van der Waals surface area contributed by atoms with E-state index in [2.05, 4.69) is 34.3 Å². The number of carbonyl (C=O) groups excluding carboxylic acids is 1. The highest BCUT2D eigenvalue weighted by atomic mass is 16.2. The Morgan fingerprint density at radius 1 is 1.23 bits per heavy atom. The largest absolute Gasteiger partial charge is 0.358 e. The average Bonchev–Trinajstić information content (AvgIpc) is 3.40. The first-order valence-electron chi connectivity index (χ1n) is 9.22. The van der Waals surface area contributed by atoms with Crippen molar-refractivity contribution in [2.75, 3.05) is 6.54 Å². The smallest absolute Gasteiger partial charge is 0.223 e. The van der Waals surface area contributed by atoms with Gasteiger partial charge < -0.3 is 9.88 Å². The van der Waals surface area contributed by atoms with Crippen LogP contribution in [0.3, 0.4) is 0 Å². The molecule has 1 atom stereocenters. The summed E-state index contributed by atoms with van der Waals surface area (Å²) >= 11 is 0. The summed E-state index contributed by atoms with van der Waals surface area (Å²) in [5.74, 6) is 0.229. The Morgan fingerprint density at radius 2 is 2.08 bits per heavy atom. The number of aromatic amines is 1. The number of amides is 1. The fraction of sp³-hybridized carbons (Fsp3) is 0.333. The van der Waals surface area contributed by atoms with E-state index in [1.165, 1.54) is 5.56 Å². The van der Waals surface area contributed by atoms with E-state index in [4.69, 9.17) is 0 Å². The summed E-state index contributed by atoms with van der Waals surface area (Å²) in [5.41, 5.74) is 4.52. The van der Waals surface area contributed by atoms with Gasteiger partial charge in [-0.05, 0) is 37.0 Å². The van der Waals surface area contributed by atoms with Gasteiger partial charge in [0.15, 0.2) is 0 Å². The molecule has 0 saturated carbocycles. The Hall–Kier alpha value is -2.82. The maximum atomic E-state index is 12.8. The molecule has 1 N–H and O–H groups in total. The van der Waals surface area contributed by atoms with Crippen LogP contribution in [0.5, 0.6) is 0 Å². The number of benzene rings is 1. The molecule has 134 valence electrons. The second-order valence-corrected chi connectivity index (χ2v) is 6.96. The number of nitrogens with zero attached hydrogens (tertiary/aromatic N) is 3. The number of carbonyl (C=O) groups is 1. The molecule has 1 saturated heterocycles. The molecule has 1 unspecified atom stereocenters. The molecule has 0 spiro atoms. The van der Waals surface area contributed by atoms with Crippen molar-refractivity contribution in [2.24, 2.45) is 7.05 Å². The molecule has 0 radical (unpaired) electrons. The lowest BCUT2D eigenvalue weighted by Gasteiger charge is -2.23. The van der Waals surface area contributed by atoms with Gasteiger partial charge in [0.2, 0.25) is 5.91 Å². The number of H-pyrrole nitrogens is 1. The number of aryl methyl sites for hydroxylation is 2. The van der Waals surface area contributed by atoms with Crippen LogP contribution in [0.1, 0.15) is 36.6 Å². The highest BCUT2D eigenvalue weighted by Crippen LogP contribution is 2.32. The van der Waals surface area contributed by atoms with Gasteiger partial charge in [-0.3, -0.25) is 9.48 Å². The molecule has 3 aromatic rings. The van der Waals surface area contributed by atoms with Crippen LogP contribution in [0.4, 0.5) is 0 Å². The summed E-state index contributed by atoms with van der Waals surface area (Å²) in [4.78, 5) is 18.2. The number of hydrogen-bond acceptors (Lipinski definition) is 2. The second-order valence-electron chi connectivity index (χ2n) is 6.96. The summed E-state index contributed by atoms with van der Waals surface area (Å²) < 4.78 is 1.81. The maximum Gasteiger partial charge on any atom is 0.223 e. The van der Waals surface area contributed by atoms with Gasteiger partial charge in [0.25, 0.3) is 0 Å². The van der Waals surface area contributed by atoms with Crippen LogP contribution in [0.25, 0.3) is 11.3 Å². The van der Waals surface area contributed by atoms with Gasteiger partial charge in [0.1, 0.15) is 0 Å². The fourth-order valence-corrected chi connectivity index (χ4v) is 3.78. The minimum atomic E-state index is 0.180. The zero-order chi connectivity index (χ0) is 17.9. The molecule has 5 heteroatoms. The summed E-state index contributed by atoms with van der Waals surface area (Å²) in [6, 6.07) is 14.6. The van der Waals surface area contributed by atoms with Crippen molar-refractivity contribution in [3.8, 4) is 11.3 Å². The molecule has 4 rings (SSSR count). The van der Waals surface area contributed by atoms with Crippen LogP contribution < -0.4 is 0 Å². The van der Waals surface area contributed by atoms with Crippen LogP contribution in [-0.4, -0.2) is 32.1 Å². The molecular weight excluding hydrogens is 324 g/mol. The highest BCUT2D eigenvalue weighted by Gasteiger charge is 2.30. The molecule has 3 heterocycles. The first kappa shape index (κ1) is 16.6. The second kappa shape index (κ2) is 7.20. The molecule has 1 aliphatic rings. The maximum absolute atomic E-state index is 12.8. The quantitative estimate of drug-likeness (QED) is 0.764. The highest BCUT2D eigenvalue weighted by molar-refractivity contribution is 5.77. The molecule has 2 aromatic heterocycles. The average molecular weight is 348 g/mol. The monoisotopic (exact) mass is 348 g/mol. The summed E-state index contributed by atoms with van der Waals surface area (Å²) in [6.45, 7) is 0.846. The lowest BCUT2D eigenvalue weighted by atomic mass is 10.1. The Balaban J connectivity index is 1.39. The van der Waals surface area contributed by atoms with Crippen LogP contribution in [-0.2, 0) is 18.3 Å². The van der Waals surface area contributed by atoms with Crippen molar-refractivity contribution in [2.45, 2.75) is 31.7 Å². The SMILES string of the molecule is Cn1cc(C2CCCN2C(=O)CCc2ccc(-c3ccccc3)[nH]2)cn1. The van der Waals surface area contributed by atoms with E-state index in [1.54, 1.807) is 4.68 Å². The molecule has 1 amide bonds. The number of aromatic nitrogens is 3. The molecule has 1 aromatic carbocycles. The zero-order valence-electron chi connectivity index (χ0n) is 15.1. The minimum absolute atomic E-state index is 0.180. The lowest BCUT2D eigenvalue weighted by molar-refractivity contribution is -0.132. The van der Waals surface area contributed by atoms with E-state index in [0.29, 0.717) is 6.42 Å². The van der Waals surface area contributed by atoms with E-state index in [0.717, 1.165) is 42.8 Å². The predicted octanol–water partition coefficient (Wildman–Crippen LogP) is 3.71. The van der Waals surface area contributed by atoms with Crippen LogP contribution >= 0.6 is 0 Å². The van der Waals surface area contributed by atoms with E-state index in [1.807, 2.05) is 42.5 Å². The third kappa shape index (κ3) is 3.43. The Morgan fingerprint density at radius 3 is 2.85 bits per heavy atom. The van der Waals surface area contributed by atoms with Crippen molar-refractivity contribution >= 4 is 5.91 Å². The standard InChI is InChI=1S/C21H24N4O/c1-24-15-17(14-22-24)20-8-5-13-25(20)21(26)12-10-18-9-11-19(23-18)16-6-3-2-4-7-16/h2-4,6-7,9,11,14-15,20,23H,5,8,10,12-13H2,1H3. The van der Waals surface area contributed by atoms with Crippen molar-refractivity contribution in [3.05, 3.63) is 66.1 Å². The van der Waals surface area contributed by atoms with Gasteiger partial charge >= 0.3 is 0 Å². The fourth-order valence-electron chi connectivity index (χ4n) is 3.78. The first-order valence-corrected chi connectivity index (χ1v) is 9.22. The molecule has 5 nitrogen and oxygen atoms in total. The topological polar surface area (TPSA) is 53.9 Å². The van der Waals surface area contributed by atoms with Crippen molar-refractivity contribution < 1.29 is 4.79 Å². The molecule has 1 fully saturated rings. The van der Waals surface area contributed by atoms with Gasteiger partial charge in [0, 0.05) is 43.2 Å². The van der Waals surface area contributed by atoms with Crippen molar-refractivity contribution in [1.29, 1.82) is 0 Å². The predicted molar refractivity (Wildman–Crippen MR) is 101 cm³/mol. The Bertz CT molecular complexity index is 880. The van der Waals surface area contributed by atoms with Gasteiger partial charge in [-0.1, -0.05) is 30.3 Å². The van der Waals surface area contributed by atoms with Gasteiger partial charge in [0.05, 0.1) is 12.2 Å². The van der Waals surface area contributed by atoms with Crippen molar-refractivity contribution in [1.82, 2.24) is 19.7 Å². The minimum Gasteiger partial charge on any atom is -0.358 e. The van der Waals surface area contributed by atoms with Crippen LogP contribution in [0.15, 0.2) is 54.9 Å². The molecule has 26 heavy (non-hydrogen) atoms. The van der Waals surface area contributed by atoms with E-state index in [-0.39, 0.29) is 11.9 Å². The summed E-state index contributed by atoms with van der Waals surface area (Å²) in [6.07, 6.45) is 7.26. The number of nitrogens with one attached hydrogen (secondary N) is 1. The summed E-state index contributed by atoms with van der Waals surface area (Å²) in [7, 11) is 1.92. The van der Waals surface area contributed by atoms with Crippen LogP contribution in [0, 0.1) is 0 Å². The normalized spacial score (nSPS) is 17.0. The third-order valence-corrected chi connectivity index (χ3v) is 5.12. The molecule has 0 aliphatic carbocycles. The number of rotatable bonds is 5. The van der Waals surface area contributed by atoms with Gasteiger partial charge in [-0.2, -0.15) is 5.10 Å². The molecule has 1 aliphatic heterocycles. The Kier molecular flexibility index (Phi) is 4.61. The third-order valence-electron chi connectivity index (χ3n) is 5.12. The van der Waals surface area contributed by atoms with E-state index < -0.39 is 0 Å². The van der Waals surface area contributed by atoms with E-state index in [9.17, 15) is 4.79 Å². The Labute approximate surface area is 153 Å². The molecular formula is C21H24N4O. The van der Waals surface area contributed by atoms with Gasteiger partial charge in [-0.15, -0.1) is 0 Å². The first-order chi connectivity index (χ1) is 12.7. The summed E-state index contributed by atoms with van der Waals surface area (Å²) in [5, 5.41) is 4.25. The van der Waals surface area contributed by atoms with Crippen LogP contribution in [0.2, 0.25) is 0 Å². The van der Waals surface area contributed by atoms with Crippen molar-refractivity contribution in [3.63, 3.8) is 0 Å². The zero-order valence-corrected chi connectivity index (χ0v) is 15.1. The lowest BCUT2D eigenvalue weighted by Crippen LogP contribution is -2.30. The van der Waals surface area contributed by atoms with E-state index >= 15 is 0 Å². The van der Waals surface area contributed by atoms with Gasteiger partial charge in [-0.25, -0.2) is 0 Å². The molecule has 0 bridgehead atoms.